The van der Waals surface area contributed by atoms with Crippen LogP contribution in [0.1, 0.15) is 6.42 Å². The minimum absolute atomic E-state index is 0.0782. The molecule has 0 aromatic rings. The van der Waals surface area contributed by atoms with Crippen LogP contribution in [0.3, 0.4) is 0 Å². The van der Waals surface area contributed by atoms with Gasteiger partial charge in [-0.05, 0) is 0 Å². The average molecular weight is 171 g/mol. The van der Waals surface area contributed by atoms with E-state index in [0.29, 0.717) is 19.5 Å². The van der Waals surface area contributed by atoms with Crippen LogP contribution in [0.2, 0.25) is 0 Å². The number of aliphatic imine (C=N–C) groups is 1. The van der Waals surface area contributed by atoms with Gasteiger partial charge in [0.1, 0.15) is 0 Å². The van der Waals surface area contributed by atoms with Gasteiger partial charge in [0.25, 0.3) is 0 Å². The van der Waals surface area contributed by atoms with E-state index >= 15 is 0 Å². The summed E-state index contributed by atoms with van der Waals surface area (Å²) in [5.41, 5.74) is 7.52. The third-order valence-electron chi connectivity index (χ3n) is 1.73. The van der Waals surface area contributed by atoms with Crippen molar-refractivity contribution in [3.05, 3.63) is 0 Å². The van der Waals surface area contributed by atoms with Crippen LogP contribution in [0.5, 0.6) is 0 Å². The first kappa shape index (κ1) is 8.79. The minimum Gasteiger partial charge on any atom is -0.369 e. The molecule has 0 radical (unpaired) electrons. The number of hydrogen-bond acceptors (Lipinski definition) is 3. The number of amides is 1. The van der Waals surface area contributed by atoms with E-state index in [1.807, 2.05) is 0 Å². The fraction of sp³-hybridized carbons (Fsp3) is 0.667. The number of rotatable bonds is 2. The molecule has 68 valence electrons. The van der Waals surface area contributed by atoms with Crippen LogP contribution in [0.25, 0.3) is 0 Å². The van der Waals surface area contributed by atoms with Gasteiger partial charge in [-0.1, -0.05) is 0 Å². The summed E-state index contributed by atoms with van der Waals surface area (Å²) in [6.45, 7) is 1.22. The van der Waals surface area contributed by atoms with Crippen molar-refractivity contribution in [2.45, 2.75) is 6.42 Å². The largest absolute Gasteiger partial charge is 0.369 e. The van der Waals surface area contributed by atoms with Gasteiger partial charge >= 0.3 is 0 Å². The topological polar surface area (TPSA) is 106 Å². The summed E-state index contributed by atoms with van der Waals surface area (Å²) in [7, 11) is 0. The van der Waals surface area contributed by atoms with Crippen LogP contribution in [0.15, 0.2) is 4.99 Å². The Hall–Kier alpha value is -1.30. The van der Waals surface area contributed by atoms with Crippen molar-refractivity contribution in [2.24, 2.45) is 22.5 Å². The molecule has 1 heterocycles. The monoisotopic (exact) mass is 171 g/mol. The molecule has 0 aromatic heterocycles. The van der Waals surface area contributed by atoms with E-state index in [1.54, 1.807) is 0 Å². The van der Waals surface area contributed by atoms with Crippen LogP contribution in [0, 0.1) is 5.92 Å². The summed E-state index contributed by atoms with van der Waals surface area (Å²) in [5.74, 6) is 5.53. The molecule has 0 aliphatic carbocycles. The summed E-state index contributed by atoms with van der Waals surface area (Å²) in [6.07, 6.45) is 0.529. The molecule has 12 heavy (non-hydrogen) atoms. The zero-order valence-corrected chi connectivity index (χ0v) is 6.71. The van der Waals surface area contributed by atoms with E-state index in [1.165, 1.54) is 0 Å². The molecule has 6 N–H and O–H groups in total. The molecule has 6 heteroatoms. The second-order valence-corrected chi connectivity index (χ2v) is 2.74. The second kappa shape index (κ2) is 3.91. The Balaban J connectivity index is 2.28. The number of hydrazine groups is 1. The first-order valence-corrected chi connectivity index (χ1v) is 3.75. The highest BCUT2D eigenvalue weighted by molar-refractivity contribution is 5.79. The molecule has 0 bridgehead atoms. The first-order valence-electron chi connectivity index (χ1n) is 3.75. The molecular weight excluding hydrogens is 158 g/mol. The molecule has 1 saturated heterocycles. The summed E-state index contributed by atoms with van der Waals surface area (Å²) in [4.78, 5) is 14.7. The Labute approximate surface area is 70.4 Å². The highest BCUT2D eigenvalue weighted by Crippen LogP contribution is 2.08. The molecule has 0 spiro atoms. The van der Waals surface area contributed by atoms with E-state index in [2.05, 4.69) is 15.7 Å². The maximum atomic E-state index is 10.7. The van der Waals surface area contributed by atoms with Gasteiger partial charge in [-0.2, -0.15) is 0 Å². The standard InChI is InChI=1S/C6H13N5O/c7-6(11-8)10-3-4-1-5(12)9-2-4/h4H,1-3,8H2,(H,9,12)(H3,7,10,11). The molecule has 0 aromatic carbocycles. The zero-order chi connectivity index (χ0) is 8.97. The van der Waals surface area contributed by atoms with E-state index < -0.39 is 0 Å². The van der Waals surface area contributed by atoms with Crippen LogP contribution in [-0.2, 0) is 4.79 Å². The molecule has 0 saturated carbocycles. The number of nitrogens with one attached hydrogen (secondary N) is 2. The lowest BCUT2D eigenvalue weighted by molar-refractivity contribution is -0.119. The molecule has 1 rings (SSSR count). The highest BCUT2D eigenvalue weighted by atomic mass is 16.1. The molecule has 1 aliphatic heterocycles. The number of nitrogens with zero attached hydrogens (tertiary/aromatic N) is 1. The van der Waals surface area contributed by atoms with Gasteiger partial charge < -0.3 is 11.1 Å². The zero-order valence-electron chi connectivity index (χ0n) is 6.71. The maximum absolute atomic E-state index is 10.7. The van der Waals surface area contributed by atoms with Gasteiger partial charge in [-0.15, -0.1) is 0 Å². The van der Waals surface area contributed by atoms with Crippen molar-refractivity contribution in [3.8, 4) is 0 Å². The maximum Gasteiger partial charge on any atom is 0.220 e. The van der Waals surface area contributed by atoms with Crippen molar-refractivity contribution in [3.63, 3.8) is 0 Å². The normalized spacial score (nSPS) is 23.9. The van der Waals surface area contributed by atoms with Gasteiger partial charge in [0.05, 0.1) is 0 Å². The predicted molar refractivity (Wildman–Crippen MR) is 44.9 cm³/mol. The Morgan fingerprint density at radius 1 is 1.83 bits per heavy atom. The van der Waals surface area contributed by atoms with E-state index in [4.69, 9.17) is 11.6 Å². The van der Waals surface area contributed by atoms with E-state index in [-0.39, 0.29) is 17.8 Å². The number of carbonyl (C=O) groups excluding carboxylic acids is 1. The van der Waals surface area contributed by atoms with Gasteiger partial charge in [-0.3, -0.25) is 15.2 Å². The van der Waals surface area contributed by atoms with Crippen molar-refractivity contribution in [2.75, 3.05) is 13.1 Å². The Morgan fingerprint density at radius 3 is 3.08 bits per heavy atom. The molecule has 1 amide bonds. The minimum atomic E-state index is 0.0782. The van der Waals surface area contributed by atoms with Gasteiger partial charge in [0, 0.05) is 25.4 Å². The fourth-order valence-electron chi connectivity index (χ4n) is 1.07. The van der Waals surface area contributed by atoms with Crippen molar-refractivity contribution >= 4 is 11.9 Å². The third-order valence-corrected chi connectivity index (χ3v) is 1.73. The summed E-state index contributed by atoms with van der Waals surface area (Å²) < 4.78 is 0. The molecule has 1 fully saturated rings. The smallest absolute Gasteiger partial charge is 0.220 e. The van der Waals surface area contributed by atoms with Crippen LogP contribution < -0.4 is 22.3 Å². The fourth-order valence-corrected chi connectivity index (χ4v) is 1.07. The Morgan fingerprint density at radius 2 is 2.58 bits per heavy atom. The van der Waals surface area contributed by atoms with Crippen molar-refractivity contribution < 1.29 is 4.79 Å². The summed E-state index contributed by atoms with van der Waals surface area (Å²) >= 11 is 0. The first-order chi connectivity index (χ1) is 5.72. The highest BCUT2D eigenvalue weighted by Gasteiger charge is 2.20. The SMILES string of the molecule is NNC(N)=NCC1CNC(=O)C1. The quantitative estimate of drug-likeness (QED) is 0.165. The van der Waals surface area contributed by atoms with Crippen LogP contribution >= 0.6 is 0 Å². The number of carbonyl (C=O) groups is 1. The number of guanidine groups is 1. The van der Waals surface area contributed by atoms with Gasteiger partial charge in [-0.25, -0.2) is 5.84 Å². The molecule has 1 aliphatic rings. The summed E-state index contributed by atoms with van der Waals surface area (Å²) in [5, 5.41) is 2.71. The van der Waals surface area contributed by atoms with Crippen LogP contribution in [-0.4, -0.2) is 25.0 Å². The number of hydrogen-bond donors (Lipinski definition) is 4. The second-order valence-electron chi connectivity index (χ2n) is 2.74. The van der Waals surface area contributed by atoms with Crippen molar-refractivity contribution in [1.29, 1.82) is 0 Å². The molecule has 6 nitrogen and oxygen atoms in total. The van der Waals surface area contributed by atoms with Crippen LogP contribution in [0.4, 0.5) is 0 Å². The lowest BCUT2D eigenvalue weighted by Crippen LogP contribution is -2.37. The Bertz CT molecular complexity index is 202. The lowest BCUT2D eigenvalue weighted by Gasteiger charge is -2.02. The average Bonchev–Trinajstić information content (AvgIpc) is 2.47. The Kier molecular flexibility index (Phi) is 2.87. The third kappa shape index (κ3) is 2.39. The predicted octanol–water partition coefficient (Wildman–Crippen LogP) is -2.10. The van der Waals surface area contributed by atoms with E-state index in [0.717, 1.165) is 0 Å². The molecular formula is C6H13N5O. The lowest BCUT2D eigenvalue weighted by atomic mass is 10.1. The van der Waals surface area contributed by atoms with Gasteiger partial charge in [0.2, 0.25) is 11.9 Å². The number of nitrogens with two attached hydrogens (primary N) is 2. The van der Waals surface area contributed by atoms with Crippen molar-refractivity contribution in [1.82, 2.24) is 10.7 Å². The molecule has 1 unspecified atom stereocenters. The molecule has 1 atom stereocenters. The summed E-state index contributed by atoms with van der Waals surface area (Å²) in [6, 6.07) is 0. The van der Waals surface area contributed by atoms with E-state index in [9.17, 15) is 4.79 Å². The van der Waals surface area contributed by atoms with Gasteiger partial charge in [0.15, 0.2) is 0 Å².